The fourth-order valence-electron chi connectivity index (χ4n) is 3.52. The number of hydrogen-bond donors (Lipinski definition) is 2. The molecule has 0 aliphatic carbocycles. The fourth-order valence-corrected chi connectivity index (χ4v) is 3.52. The monoisotopic (exact) mass is 338 g/mol. The van der Waals surface area contributed by atoms with Crippen LogP contribution in [0.4, 0.5) is 11.5 Å². The Balaban J connectivity index is 1.58. The van der Waals surface area contributed by atoms with Gasteiger partial charge in [0.25, 0.3) is 0 Å². The second kappa shape index (κ2) is 5.91. The topological polar surface area (TPSA) is 80.9 Å². The molecule has 3 heterocycles. The number of H-pyrrole nitrogens is 2. The lowest BCUT2D eigenvalue weighted by molar-refractivity contribution is 0.644. The van der Waals surface area contributed by atoms with E-state index in [2.05, 4.69) is 42.7 Å². The smallest absolute Gasteiger partial charge is 0.323 e. The van der Waals surface area contributed by atoms with E-state index in [4.69, 9.17) is 0 Å². The number of hydrogen-bond acceptors (Lipinski definition) is 5. The van der Waals surface area contributed by atoms with Crippen molar-refractivity contribution in [3.05, 3.63) is 45.8 Å². The molecular formula is C18H22N6O. The van der Waals surface area contributed by atoms with Gasteiger partial charge in [-0.15, -0.1) is 0 Å². The lowest BCUT2D eigenvalue weighted by Crippen LogP contribution is -2.47. The Morgan fingerprint density at radius 3 is 2.44 bits per heavy atom. The molecule has 1 aliphatic rings. The average Bonchev–Trinajstić information content (AvgIpc) is 2.98. The number of nitrogens with one attached hydrogen (secondary N) is 2. The molecule has 1 fully saturated rings. The van der Waals surface area contributed by atoms with Gasteiger partial charge < -0.3 is 19.8 Å². The largest absolute Gasteiger partial charge is 0.366 e. The summed E-state index contributed by atoms with van der Waals surface area (Å²) in [5.74, 6) is 1.85. The van der Waals surface area contributed by atoms with Crippen LogP contribution in [0.15, 0.2) is 23.0 Å². The molecule has 4 rings (SSSR count). The minimum Gasteiger partial charge on any atom is -0.366 e. The molecule has 0 atom stereocenters. The second-order valence-corrected chi connectivity index (χ2v) is 6.56. The first-order valence-electron chi connectivity index (χ1n) is 8.55. The van der Waals surface area contributed by atoms with Crippen molar-refractivity contribution in [2.24, 2.45) is 0 Å². The Morgan fingerprint density at radius 1 is 0.960 bits per heavy atom. The SMILES string of the molecule is Cc1nc(C)c(C)c(N2CCN(c3cccc4[nH]c(=O)[nH]c34)CC2)n1. The highest BCUT2D eigenvalue weighted by Crippen LogP contribution is 2.26. The van der Waals surface area contributed by atoms with Gasteiger partial charge in [-0.2, -0.15) is 0 Å². The minimum absolute atomic E-state index is 0.163. The molecule has 0 amide bonds. The van der Waals surface area contributed by atoms with E-state index in [1.165, 1.54) is 0 Å². The Hall–Kier alpha value is -2.83. The third-order valence-corrected chi connectivity index (χ3v) is 4.92. The summed E-state index contributed by atoms with van der Waals surface area (Å²) >= 11 is 0. The molecule has 1 saturated heterocycles. The number of fused-ring (bicyclic) bond motifs is 1. The highest BCUT2D eigenvalue weighted by molar-refractivity contribution is 5.88. The lowest BCUT2D eigenvalue weighted by Gasteiger charge is -2.37. The van der Waals surface area contributed by atoms with Crippen molar-refractivity contribution in [1.82, 2.24) is 19.9 Å². The van der Waals surface area contributed by atoms with Crippen molar-refractivity contribution in [1.29, 1.82) is 0 Å². The van der Waals surface area contributed by atoms with Crippen LogP contribution in [-0.2, 0) is 0 Å². The van der Waals surface area contributed by atoms with Crippen LogP contribution in [0.5, 0.6) is 0 Å². The lowest BCUT2D eigenvalue weighted by atomic mass is 10.2. The molecule has 1 aromatic carbocycles. The van der Waals surface area contributed by atoms with Crippen LogP contribution in [-0.4, -0.2) is 46.1 Å². The van der Waals surface area contributed by atoms with Crippen LogP contribution in [0, 0.1) is 20.8 Å². The first-order chi connectivity index (χ1) is 12.0. The third kappa shape index (κ3) is 2.75. The van der Waals surface area contributed by atoms with Gasteiger partial charge in [0.15, 0.2) is 0 Å². The molecule has 130 valence electrons. The molecule has 2 N–H and O–H groups in total. The summed E-state index contributed by atoms with van der Waals surface area (Å²) in [5.41, 5.74) is 4.83. The second-order valence-electron chi connectivity index (χ2n) is 6.56. The maximum atomic E-state index is 11.6. The van der Waals surface area contributed by atoms with Crippen LogP contribution >= 0.6 is 0 Å². The van der Waals surface area contributed by atoms with Gasteiger partial charge in [-0.05, 0) is 32.9 Å². The summed E-state index contributed by atoms with van der Waals surface area (Å²) in [6, 6.07) is 5.96. The molecule has 0 unspecified atom stereocenters. The van der Waals surface area contributed by atoms with E-state index in [9.17, 15) is 4.79 Å². The maximum Gasteiger partial charge on any atom is 0.323 e. The molecule has 1 aliphatic heterocycles. The highest BCUT2D eigenvalue weighted by atomic mass is 16.1. The Morgan fingerprint density at radius 2 is 1.68 bits per heavy atom. The Kier molecular flexibility index (Phi) is 3.71. The quantitative estimate of drug-likeness (QED) is 0.746. The van der Waals surface area contributed by atoms with Gasteiger partial charge in [0, 0.05) is 37.4 Å². The number of nitrogens with zero attached hydrogens (tertiary/aromatic N) is 4. The standard InChI is InChI=1S/C18H22N6O/c1-11-12(2)19-13(3)20-17(11)24-9-7-23(8-10-24)15-6-4-5-14-16(15)22-18(25)21-14/h4-6H,7-10H2,1-3H3,(H2,21,22,25). The Labute approximate surface area is 145 Å². The van der Waals surface area contributed by atoms with Crippen molar-refractivity contribution in [2.45, 2.75) is 20.8 Å². The minimum atomic E-state index is -0.163. The summed E-state index contributed by atoms with van der Waals surface area (Å²) in [6.45, 7) is 9.61. The predicted octanol–water partition coefficient (Wildman–Crippen LogP) is 1.90. The average molecular weight is 338 g/mol. The van der Waals surface area contributed by atoms with Crippen LogP contribution in [0.1, 0.15) is 17.1 Å². The van der Waals surface area contributed by atoms with Gasteiger partial charge in [-0.3, -0.25) is 0 Å². The van der Waals surface area contributed by atoms with Crippen LogP contribution in [0.3, 0.4) is 0 Å². The van der Waals surface area contributed by atoms with E-state index in [-0.39, 0.29) is 5.69 Å². The van der Waals surface area contributed by atoms with Crippen molar-refractivity contribution < 1.29 is 0 Å². The van der Waals surface area contributed by atoms with Crippen molar-refractivity contribution in [3.8, 4) is 0 Å². The van der Waals surface area contributed by atoms with E-state index in [1.54, 1.807) is 0 Å². The number of aromatic amines is 2. The summed E-state index contributed by atoms with van der Waals surface area (Å²) < 4.78 is 0. The number of imidazole rings is 1. The van der Waals surface area contributed by atoms with Crippen molar-refractivity contribution >= 4 is 22.5 Å². The van der Waals surface area contributed by atoms with Gasteiger partial charge >= 0.3 is 5.69 Å². The molecular weight excluding hydrogens is 316 g/mol. The van der Waals surface area contributed by atoms with Gasteiger partial charge in [0.2, 0.25) is 0 Å². The molecule has 0 spiro atoms. The molecule has 7 nitrogen and oxygen atoms in total. The molecule has 2 aromatic heterocycles. The molecule has 3 aromatic rings. The normalized spacial score (nSPS) is 15.2. The van der Waals surface area contributed by atoms with Gasteiger partial charge in [0.1, 0.15) is 11.6 Å². The van der Waals surface area contributed by atoms with Gasteiger partial charge in [0.05, 0.1) is 16.7 Å². The zero-order chi connectivity index (χ0) is 17.6. The highest BCUT2D eigenvalue weighted by Gasteiger charge is 2.22. The zero-order valence-corrected chi connectivity index (χ0v) is 14.8. The van der Waals surface area contributed by atoms with E-state index in [0.717, 1.165) is 65.8 Å². The molecule has 0 saturated carbocycles. The first kappa shape index (κ1) is 15.7. The number of rotatable bonds is 2. The van der Waals surface area contributed by atoms with Crippen molar-refractivity contribution in [3.63, 3.8) is 0 Å². The maximum absolute atomic E-state index is 11.6. The summed E-state index contributed by atoms with van der Waals surface area (Å²) in [7, 11) is 0. The molecule has 0 bridgehead atoms. The number of aryl methyl sites for hydroxylation is 2. The van der Waals surface area contributed by atoms with E-state index in [0.29, 0.717) is 0 Å². The Bertz CT molecular complexity index is 981. The number of anilines is 2. The van der Waals surface area contributed by atoms with Gasteiger partial charge in [-0.25, -0.2) is 14.8 Å². The summed E-state index contributed by atoms with van der Waals surface area (Å²) in [5, 5.41) is 0. The van der Waals surface area contributed by atoms with E-state index >= 15 is 0 Å². The predicted molar refractivity (Wildman–Crippen MR) is 99.6 cm³/mol. The third-order valence-electron chi connectivity index (χ3n) is 4.92. The van der Waals surface area contributed by atoms with Crippen LogP contribution in [0.25, 0.3) is 11.0 Å². The van der Waals surface area contributed by atoms with Crippen LogP contribution < -0.4 is 15.5 Å². The summed E-state index contributed by atoms with van der Waals surface area (Å²) in [4.78, 5) is 31.1. The molecule has 25 heavy (non-hydrogen) atoms. The van der Waals surface area contributed by atoms with Crippen LogP contribution in [0.2, 0.25) is 0 Å². The first-order valence-corrected chi connectivity index (χ1v) is 8.55. The van der Waals surface area contributed by atoms with E-state index < -0.39 is 0 Å². The molecule has 0 radical (unpaired) electrons. The van der Waals surface area contributed by atoms with E-state index in [1.807, 2.05) is 26.0 Å². The van der Waals surface area contributed by atoms with Crippen molar-refractivity contribution in [2.75, 3.05) is 36.0 Å². The number of piperazine rings is 1. The zero-order valence-electron chi connectivity index (χ0n) is 14.8. The summed E-state index contributed by atoms with van der Waals surface area (Å²) in [6.07, 6.45) is 0. The fraction of sp³-hybridized carbons (Fsp3) is 0.389. The molecule has 7 heteroatoms. The van der Waals surface area contributed by atoms with Gasteiger partial charge in [-0.1, -0.05) is 6.07 Å². The number of para-hydroxylation sites is 1. The number of aromatic nitrogens is 4. The number of benzene rings is 1.